The summed E-state index contributed by atoms with van der Waals surface area (Å²) >= 11 is 0. The smallest absolute Gasteiger partial charge is 0.0530 e. The molecule has 0 N–H and O–H groups in total. The first-order valence-corrected chi connectivity index (χ1v) is 8.10. The lowest BCUT2D eigenvalue weighted by atomic mass is 9.91. The van der Waals surface area contributed by atoms with E-state index in [-0.39, 0.29) is 0 Å². The molecule has 0 aromatic heterocycles. The highest BCUT2D eigenvalue weighted by Crippen LogP contribution is 2.50. The Bertz CT molecular complexity index is 388. The van der Waals surface area contributed by atoms with Gasteiger partial charge in [0, 0.05) is 0 Å². The van der Waals surface area contributed by atoms with E-state index in [9.17, 15) is 0 Å². The molecule has 2 fully saturated rings. The van der Waals surface area contributed by atoms with Crippen molar-refractivity contribution < 1.29 is 0 Å². The van der Waals surface area contributed by atoms with Crippen LogP contribution in [0.5, 0.6) is 0 Å². The zero-order chi connectivity index (χ0) is 13.2. The van der Waals surface area contributed by atoms with Gasteiger partial charge < -0.3 is 0 Å². The number of hydrogen-bond donors (Lipinski definition) is 0. The van der Waals surface area contributed by atoms with E-state index in [1.807, 2.05) is 0 Å². The summed E-state index contributed by atoms with van der Waals surface area (Å²) in [5.74, 6) is 2.82. The van der Waals surface area contributed by atoms with Gasteiger partial charge in [0.05, 0.1) is 6.04 Å². The Morgan fingerprint density at radius 2 is 2.16 bits per heavy atom. The Labute approximate surface area is 117 Å². The van der Waals surface area contributed by atoms with Crippen LogP contribution >= 0.6 is 0 Å². The lowest BCUT2D eigenvalue weighted by Crippen LogP contribution is -2.09. The van der Waals surface area contributed by atoms with Gasteiger partial charge in [-0.15, -0.1) is 0 Å². The average molecular weight is 257 g/mol. The van der Waals surface area contributed by atoms with Crippen molar-refractivity contribution in [2.45, 2.75) is 63.8 Å². The van der Waals surface area contributed by atoms with Gasteiger partial charge in [-0.2, -0.15) is 0 Å². The van der Waals surface area contributed by atoms with Gasteiger partial charge in [0.25, 0.3) is 0 Å². The van der Waals surface area contributed by atoms with E-state index in [1.54, 1.807) is 5.57 Å². The third-order valence-electron chi connectivity index (χ3n) is 5.30. The highest BCUT2D eigenvalue weighted by molar-refractivity contribution is 5.26. The molecule has 0 aromatic carbocycles. The molecule has 0 aliphatic heterocycles. The Morgan fingerprint density at radius 3 is 2.79 bits per heavy atom. The summed E-state index contributed by atoms with van der Waals surface area (Å²) in [6, 6.07) is 0.503. The van der Waals surface area contributed by atoms with E-state index in [4.69, 9.17) is 0 Å². The van der Waals surface area contributed by atoms with Crippen LogP contribution in [0.25, 0.3) is 0 Å². The summed E-state index contributed by atoms with van der Waals surface area (Å²) < 4.78 is 0. The van der Waals surface area contributed by atoms with Gasteiger partial charge in [0.15, 0.2) is 0 Å². The first-order chi connectivity index (χ1) is 9.28. The van der Waals surface area contributed by atoms with E-state index in [1.165, 1.54) is 56.9 Å². The molecule has 0 spiro atoms. The second kappa shape index (κ2) is 5.64. The maximum absolute atomic E-state index is 4.23. The van der Waals surface area contributed by atoms with Crippen LogP contribution in [0.1, 0.15) is 57.8 Å². The fourth-order valence-corrected chi connectivity index (χ4v) is 3.65. The van der Waals surface area contributed by atoms with E-state index < -0.39 is 0 Å². The van der Waals surface area contributed by atoms with Crippen LogP contribution in [0.4, 0.5) is 0 Å². The van der Waals surface area contributed by atoms with Crippen LogP contribution in [0.15, 0.2) is 28.8 Å². The SMILES string of the molecule is C=NC1CC=C(C2CC2CCCC(=C)C2CC2)CC1. The van der Waals surface area contributed by atoms with Crippen molar-refractivity contribution in [3.63, 3.8) is 0 Å². The Balaban J connectivity index is 1.35. The van der Waals surface area contributed by atoms with Crippen molar-refractivity contribution in [3.8, 4) is 0 Å². The normalized spacial score (nSPS) is 33.7. The molecule has 0 saturated heterocycles. The van der Waals surface area contributed by atoms with Gasteiger partial charge in [0.2, 0.25) is 0 Å². The quantitative estimate of drug-likeness (QED) is 0.452. The highest BCUT2D eigenvalue weighted by Gasteiger charge is 2.39. The van der Waals surface area contributed by atoms with Crippen LogP contribution in [-0.2, 0) is 0 Å². The van der Waals surface area contributed by atoms with Crippen molar-refractivity contribution in [2.24, 2.45) is 22.7 Å². The molecule has 3 aliphatic rings. The van der Waals surface area contributed by atoms with Crippen LogP contribution < -0.4 is 0 Å². The third kappa shape index (κ3) is 3.38. The van der Waals surface area contributed by atoms with Crippen LogP contribution in [0, 0.1) is 17.8 Å². The van der Waals surface area contributed by atoms with Gasteiger partial charge in [-0.25, -0.2) is 0 Å². The largest absolute Gasteiger partial charge is 0.297 e. The van der Waals surface area contributed by atoms with Crippen molar-refractivity contribution in [1.82, 2.24) is 0 Å². The molecule has 3 rings (SSSR count). The van der Waals surface area contributed by atoms with Crippen molar-refractivity contribution in [2.75, 3.05) is 0 Å². The Kier molecular flexibility index (Phi) is 3.91. The minimum absolute atomic E-state index is 0.503. The first kappa shape index (κ1) is 13.1. The van der Waals surface area contributed by atoms with E-state index in [0.717, 1.165) is 24.2 Å². The molecule has 19 heavy (non-hydrogen) atoms. The summed E-state index contributed by atoms with van der Waals surface area (Å²) in [5, 5.41) is 0. The topological polar surface area (TPSA) is 12.4 Å². The molecule has 3 aliphatic carbocycles. The van der Waals surface area contributed by atoms with Crippen LogP contribution in [-0.4, -0.2) is 12.8 Å². The summed E-state index contributed by atoms with van der Waals surface area (Å²) in [7, 11) is 0. The second-order valence-electron chi connectivity index (χ2n) is 6.82. The maximum Gasteiger partial charge on any atom is 0.0530 e. The summed E-state index contributed by atoms with van der Waals surface area (Å²) in [6.07, 6.45) is 14.5. The lowest BCUT2D eigenvalue weighted by Gasteiger charge is -2.18. The van der Waals surface area contributed by atoms with E-state index in [2.05, 4.69) is 24.4 Å². The molecule has 0 heterocycles. The molecule has 1 heteroatoms. The van der Waals surface area contributed by atoms with Gasteiger partial charge in [-0.3, -0.25) is 4.99 Å². The van der Waals surface area contributed by atoms with Crippen molar-refractivity contribution in [1.29, 1.82) is 0 Å². The maximum atomic E-state index is 4.23. The Hall–Kier alpha value is -0.850. The zero-order valence-corrected chi connectivity index (χ0v) is 12.1. The van der Waals surface area contributed by atoms with Crippen LogP contribution in [0.3, 0.4) is 0 Å². The molecular formula is C18H27N. The van der Waals surface area contributed by atoms with Gasteiger partial charge >= 0.3 is 0 Å². The van der Waals surface area contributed by atoms with Crippen LogP contribution in [0.2, 0.25) is 0 Å². The molecule has 0 amide bonds. The first-order valence-electron chi connectivity index (χ1n) is 8.10. The molecule has 1 nitrogen and oxygen atoms in total. The second-order valence-corrected chi connectivity index (χ2v) is 6.82. The van der Waals surface area contributed by atoms with Gasteiger partial charge in [-0.05, 0) is 82.3 Å². The molecule has 0 aromatic rings. The van der Waals surface area contributed by atoms with Gasteiger partial charge in [-0.1, -0.05) is 23.8 Å². The van der Waals surface area contributed by atoms with Gasteiger partial charge in [0.1, 0.15) is 0 Å². The number of nitrogens with zero attached hydrogens (tertiary/aromatic N) is 1. The number of aliphatic imine (C=N–C) groups is 1. The molecular weight excluding hydrogens is 230 g/mol. The predicted octanol–water partition coefficient (Wildman–Crippen LogP) is 4.94. The van der Waals surface area contributed by atoms with Crippen molar-refractivity contribution in [3.05, 3.63) is 23.8 Å². The summed E-state index contributed by atoms with van der Waals surface area (Å²) in [6.45, 7) is 7.91. The number of hydrogen-bond acceptors (Lipinski definition) is 1. The molecule has 3 atom stereocenters. The molecule has 0 bridgehead atoms. The standard InChI is InChI=1S/C18H27N/c1-13(14-6-7-14)4-3-5-16-12-18(16)15-8-10-17(19-2)11-9-15/h8,14,16-18H,1-7,9-12H2. The minimum Gasteiger partial charge on any atom is -0.297 e. The molecule has 2 saturated carbocycles. The third-order valence-corrected chi connectivity index (χ3v) is 5.30. The predicted molar refractivity (Wildman–Crippen MR) is 82.6 cm³/mol. The number of rotatable bonds is 7. The molecule has 0 radical (unpaired) electrons. The zero-order valence-electron chi connectivity index (χ0n) is 12.1. The minimum atomic E-state index is 0.503. The van der Waals surface area contributed by atoms with E-state index >= 15 is 0 Å². The molecule has 104 valence electrons. The molecule has 3 unspecified atom stereocenters. The fourth-order valence-electron chi connectivity index (χ4n) is 3.65. The fraction of sp³-hybridized carbons (Fsp3) is 0.722. The Morgan fingerprint density at radius 1 is 1.32 bits per heavy atom. The lowest BCUT2D eigenvalue weighted by molar-refractivity contribution is 0.559. The summed E-state index contributed by atoms with van der Waals surface area (Å²) in [5.41, 5.74) is 3.28. The number of allylic oxidation sites excluding steroid dienone is 2. The van der Waals surface area contributed by atoms with Crippen molar-refractivity contribution >= 4 is 6.72 Å². The highest BCUT2D eigenvalue weighted by atomic mass is 14.7. The van der Waals surface area contributed by atoms with E-state index in [0.29, 0.717) is 6.04 Å². The monoisotopic (exact) mass is 257 g/mol. The average Bonchev–Trinajstić information content (AvgIpc) is 3.32. The summed E-state index contributed by atoms with van der Waals surface area (Å²) in [4.78, 5) is 4.17.